The Balaban J connectivity index is 1.88. The summed E-state index contributed by atoms with van der Waals surface area (Å²) in [6.07, 6.45) is 1.89. The van der Waals surface area contributed by atoms with Crippen LogP contribution >= 0.6 is 11.8 Å². The summed E-state index contributed by atoms with van der Waals surface area (Å²) in [4.78, 5) is 13.5. The molecule has 0 saturated carbocycles. The first kappa shape index (κ1) is 10.6. The van der Waals surface area contributed by atoms with Crippen LogP contribution in [0.3, 0.4) is 0 Å². The van der Waals surface area contributed by atoms with Gasteiger partial charge in [0.1, 0.15) is 5.82 Å². The Morgan fingerprint density at radius 3 is 3.12 bits per heavy atom. The third kappa shape index (κ3) is 2.00. The molecule has 2 aromatic rings. The van der Waals surface area contributed by atoms with Gasteiger partial charge in [-0.05, 0) is 36.1 Å². The van der Waals surface area contributed by atoms with Gasteiger partial charge in [0.15, 0.2) is 5.16 Å². The Morgan fingerprint density at radius 2 is 2.35 bits per heavy atom. The van der Waals surface area contributed by atoms with Gasteiger partial charge in [0.2, 0.25) is 0 Å². The zero-order valence-corrected chi connectivity index (χ0v) is 9.68. The molecule has 0 bridgehead atoms. The fourth-order valence-corrected chi connectivity index (χ4v) is 3.20. The molecule has 17 heavy (non-hydrogen) atoms. The third-order valence-electron chi connectivity index (χ3n) is 2.86. The van der Waals surface area contributed by atoms with E-state index in [1.165, 1.54) is 23.4 Å². The molecule has 1 aliphatic carbocycles. The molecule has 1 aromatic carbocycles. The Bertz CT molecular complexity index is 607. The van der Waals surface area contributed by atoms with Gasteiger partial charge >= 0.3 is 5.69 Å². The lowest BCUT2D eigenvalue weighted by atomic mass is 10.1. The maximum atomic E-state index is 13.2. The minimum atomic E-state index is -0.315. The molecular formula is C11H10FN3OS. The monoisotopic (exact) mass is 251 g/mol. The van der Waals surface area contributed by atoms with Crippen molar-refractivity contribution in [3.05, 3.63) is 45.6 Å². The van der Waals surface area contributed by atoms with Crippen molar-refractivity contribution in [2.75, 3.05) is 0 Å². The van der Waals surface area contributed by atoms with E-state index in [4.69, 9.17) is 0 Å². The van der Waals surface area contributed by atoms with Gasteiger partial charge in [0.05, 0.1) is 0 Å². The minimum Gasteiger partial charge on any atom is -0.284 e. The van der Waals surface area contributed by atoms with Crippen LogP contribution < -0.4 is 5.69 Å². The first-order valence-electron chi connectivity index (χ1n) is 5.32. The molecule has 0 aliphatic heterocycles. The van der Waals surface area contributed by atoms with E-state index in [1.807, 2.05) is 6.07 Å². The summed E-state index contributed by atoms with van der Waals surface area (Å²) in [7, 11) is 0. The van der Waals surface area contributed by atoms with Crippen molar-refractivity contribution in [3.63, 3.8) is 0 Å². The first-order valence-corrected chi connectivity index (χ1v) is 6.20. The average molecular weight is 251 g/mol. The molecular weight excluding hydrogens is 241 g/mol. The number of halogens is 1. The van der Waals surface area contributed by atoms with E-state index in [0.717, 1.165) is 18.4 Å². The second-order valence-electron chi connectivity index (χ2n) is 3.97. The Labute approximate surface area is 101 Å². The molecule has 1 aromatic heterocycles. The molecule has 2 N–H and O–H groups in total. The van der Waals surface area contributed by atoms with Crippen LogP contribution in [0.1, 0.15) is 22.8 Å². The second-order valence-corrected chi connectivity index (χ2v) is 5.16. The second kappa shape index (κ2) is 4.03. The maximum Gasteiger partial charge on any atom is 0.341 e. The van der Waals surface area contributed by atoms with Crippen LogP contribution in [0.5, 0.6) is 0 Å². The van der Waals surface area contributed by atoms with Gasteiger partial charge in [-0.2, -0.15) is 0 Å². The van der Waals surface area contributed by atoms with Crippen molar-refractivity contribution < 1.29 is 4.39 Å². The predicted molar refractivity (Wildman–Crippen MR) is 62.5 cm³/mol. The summed E-state index contributed by atoms with van der Waals surface area (Å²) >= 11 is 1.46. The lowest BCUT2D eigenvalue weighted by molar-refractivity contribution is 0.625. The number of nitrogens with zero attached hydrogens (tertiary/aromatic N) is 1. The van der Waals surface area contributed by atoms with Crippen LogP contribution in [0.25, 0.3) is 0 Å². The van der Waals surface area contributed by atoms with Crippen LogP contribution in [0.2, 0.25) is 0 Å². The lowest BCUT2D eigenvalue weighted by Crippen LogP contribution is -2.00. The number of H-pyrrole nitrogens is 2. The molecule has 1 heterocycles. The van der Waals surface area contributed by atoms with Gasteiger partial charge < -0.3 is 0 Å². The number of hydrogen-bond acceptors (Lipinski definition) is 3. The van der Waals surface area contributed by atoms with Gasteiger partial charge in [-0.15, -0.1) is 5.10 Å². The number of aromatic amines is 2. The Hall–Kier alpha value is -1.56. The number of aryl methyl sites for hydroxylation is 1. The summed E-state index contributed by atoms with van der Waals surface area (Å²) in [5, 5.41) is 6.89. The van der Waals surface area contributed by atoms with Crippen molar-refractivity contribution in [2.45, 2.75) is 23.2 Å². The number of rotatable bonds is 2. The number of thioether (sulfide) groups is 1. The topological polar surface area (TPSA) is 61.5 Å². The van der Waals surface area contributed by atoms with Gasteiger partial charge in [-0.1, -0.05) is 17.8 Å². The fourth-order valence-electron chi connectivity index (χ4n) is 2.10. The molecule has 1 atom stereocenters. The van der Waals surface area contributed by atoms with Crippen molar-refractivity contribution in [1.82, 2.24) is 15.2 Å². The predicted octanol–water partition coefficient (Wildman–Crippen LogP) is 2.02. The smallest absolute Gasteiger partial charge is 0.284 e. The van der Waals surface area contributed by atoms with E-state index in [9.17, 15) is 9.18 Å². The molecule has 3 rings (SSSR count). The number of fused-ring (bicyclic) bond motifs is 1. The highest BCUT2D eigenvalue weighted by molar-refractivity contribution is 7.99. The molecule has 4 nitrogen and oxygen atoms in total. The number of nitrogens with one attached hydrogen (secondary N) is 2. The zero-order valence-electron chi connectivity index (χ0n) is 8.87. The van der Waals surface area contributed by atoms with Crippen molar-refractivity contribution >= 4 is 11.8 Å². The SMILES string of the molecule is O=c1[nH]nc(S[C@H]2CCc3ccc(F)cc32)[nH]1. The first-order chi connectivity index (χ1) is 8.22. The average Bonchev–Trinajstić information content (AvgIpc) is 2.87. The maximum absolute atomic E-state index is 13.2. The molecule has 0 saturated heterocycles. The van der Waals surface area contributed by atoms with Gasteiger partial charge in [-0.25, -0.2) is 14.3 Å². The van der Waals surface area contributed by atoms with Crippen LogP contribution in [0.15, 0.2) is 28.2 Å². The Morgan fingerprint density at radius 1 is 1.47 bits per heavy atom. The van der Waals surface area contributed by atoms with Crippen LogP contribution in [0.4, 0.5) is 4.39 Å². The van der Waals surface area contributed by atoms with Crippen LogP contribution in [-0.2, 0) is 6.42 Å². The Kier molecular flexibility index (Phi) is 2.51. The quantitative estimate of drug-likeness (QED) is 0.858. The van der Waals surface area contributed by atoms with E-state index in [1.54, 1.807) is 6.07 Å². The van der Waals surface area contributed by atoms with Crippen molar-refractivity contribution in [1.29, 1.82) is 0 Å². The largest absolute Gasteiger partial charge is 0.341 e. The summed E-state index contributed by atoms with van der Waals surface area (Å²) in [6, 6.07) is 4.89. The molecule has 0 spiro atoms. The molecule has 6 heteroatoms. The summed E-state index contributed by atoms with van der Waals surface area (Å²) in [5.41, 5.74) is 1.88. The number of benzene rings is 1. The van der Waals surface area contributed by atoms with Gasteiger partial charge in [0.25, 0.3) is 0 Å². The summed E-state index contributed by atoms with van der Waals surface area (Å²) < 4.78 is 13.2. The van der Waals surface area contributed by atoms with Crippen molar-refractivity contribution in [3.8, 4) is 0 Å². The van der Waals surface area contributed by atoms with E-state index in [0.29, 0.717) is 5.16 Å². The highest BCUT2D eigenvalue weighted by atomic mass is 32.2. The van der Waals surface area contributed by atoms with Gasteiger partial charge in [-0.3, -0.25) is 4.98 Å². The molecule has 0 fully saturated rings. The van der Waals surface area contributed by atoms with E-state index in [-0.39, 0.29) is 16.8 Å². The van der Waals surface area contributed by atoms with E-state index < -0.39 is 0 Å². The van der Waals surface area contributed by atoms with Gasteiger partial charge in [0, 0.05) is 5.25 Å². The van der Waals surface area contributed by atoms with Crippen LogP contribution in [-0.4, -0.2) is 15.2 Å². The van der Waals surface area contributed by atoms with E-state index >= 15 is 0 Å². The molecule has 1 aliphatic rings. The summed E-state index contributed by atoms with van der Waals surface area (Å²) in [5.74, 6) is -0.216. The van der Waals surface area contributed by atoms with Crippen molar-refractivity contribution in [2.24, 2.45) is 0 Å². The summed E-state index contributed by atoms with van der Waals surface area (Å²) in [6.45, 7) is 0. The number of aromatic nitrogens is 3. The minimum absolute atomic E-state index is 0.166. The number of hydrogen-bond donors (Lipinski definition) is 2. The van der Waals surface area contributed by atoms with Crippen LogP contribution in [0, 0.1) is 5.82 Å². The molecule has 0 amide bonds. The third-order valence-corrected chi connectivity index (χ3v) is 4.05. The lowest BCUT2D eigenvalue weighted by Gasteiger charge is -2.08. The highest BCUT2D eigenvalue weighted by Gasteiger charge is 2.24. The molecule has 88 valence electrons. The fraction of sp³-hybridized carbons (Fsp3) is 0.273. The molecule has 0 unspecified atom stereocenters. The van der Waals surface area contributed by atoms with E-state index in [2.05, 4.69) is 15.2 Å². The normalized spacial score (nSPS) is 18.3. The standard InChI is InChI=1S/C11H10FN3OS/c12-7-3-1-6-2-4-9(8(6)5-7)17-11-13-10(16)14-15-11/h1,3,5,9H,2,4H2,(H2,13,14,15,16)/t9-/m0/s1. The zero-order chi connectivity index (χ0) is 11.8. The molecule has 0 radical (unpaired) electrons. The highest BCUT2D eigenvalue weighted by Crippen LogP contribution is 2.43.